The number of hydrogen-bond acceptors (Lipinski definition) is 5. The van der Waals surface area contributed by atoms with Gasteiger partial charge in [-0.2, -0.15) is 5.10 Å². The van der Waals surface area contributed by atoms with Crippen molar-refractivity contribution in [3.8, 4) is 0 Å². The number of nitrogens with zero attached hydrogens (tertiary/aromatic N) is 2. The van der Waals surface area contributed by atoms with Crippen LogP contribution in [-0.2, 0) is 17.7 Å². The summed E-state index contributed by atoms with van der Waals surface area (Å²) >= 11 is 0. The van der Waals surface area contributed by atoms with Gasteiger partial charge in [-0.3, -0.25) is 14.8 Å². The molecule has 3 N–H and O–H groups in total. The average Bonchev–Trinajstić information content (AvgIpc) is 2.96. The van der Waals surface area contributed by atoms with Gasteiger partial charge in [-0.1, -0.05) is 0 Å². The lowest BCUT2D eigenvalue weighted by atomic mass is 9.99. The predicted molar refractivity (Wildman–Crippen MR) is 92.0 cm³/mol. The lowest BCUT2D eigenvalue weighted by Gasteiger charge is -2.45. The smallest absolute Gasteiger partial charge is 0.272 e. The van der Waals surface area contributed by atoms with E-state index in [-0.39, 0.29) is 23.7 Å². The van der Waals surface area contributed by atoms with Gasteiger partial charge >= 0.3 is 0 Å². The molecule has 2 aliphatic heterocycles. The van der Waals surface area contributed by atoms with Crippen molar-refractivity contribution in [2.45, 2.75) is 58.4 Å². The first-order valence-corrected chi connectivity index (χ1v) is 8.82. The quantitative estimate of drug-likeness (QED) is 0.753. The predicted octanol–water partition coefficient (Wildman–Crippen LogP) is 0.673. The summed E-state index contributed by atoms with van der Waals surface area (Å²) in [6.07, 6.45) is 1.33. The van der Waals surface area contributed by atoms with Gasteiger partial charge in [0.2, 0.25) is 0 Å². The van der Waals surface area contributed by atoms with Crippen LogP contribution in [0.4, 0.5) is 0 Å². The van der Waals surface area contributed by atoms with Crippen LogP contribution in [0, 0.1) is 0 Å². The van der Waals surface area contributed by atoms with Crippen molar-refractivity contribution in [2.75, 3.05) is 26.2 Å². The summed E-state index contributed by atoms with van der Waals surface area (Å²) in [5.74, 6) is -0.0985. The van der Waals surface area contributed by atoms with Crippen LogP contribution < -0.4 is 10.6 Å². The molecule has 0 spiro atoms. The Balaban J connectivity index is 1.62. The number of aromatic amines is 1. The third kappa shape index (κ3) is 3.63. The molecule has 2 atom stereocenters. The molecule has 1 saturated heterocycles. The summed E-state index contributed by atoms with van der Waals surface area (Å²) in [6, 6.07) is 0. The highest BCUT2D eigenvalue weighted by atomic mass is 16.5. The summed E-state index contributed by atoms with van der Waals surface area (Å²) in [6.45, 7) is 12.5. The highest BCUT2D eigenvalue weighted by molar-refractivity contribution is 5.94. The van der Waals surface area contributed by atoms with Crippen molar-refractivity contribution < 1.29 is 9.53 Å². The topological polar surface area (TPSA) is 82.3 Å². The van der Waals surface area contributed by atoms with E-state index >= 15 is 0 Å². The maximum atomic E-state index is 12.6. The van der Waals surface area contributed by atoms with Crippen molar-refractivity contribution in [3.05, 3.63) is 17.0 Å². The van der Waals surface area contributed by atoms with Crippen molar-refractivity contribution in [1.82, 2.24) is 25.7 Å². The van der Waals surface area contributed by atoms with Crippen molar-refractivity contribution >= 4 is 5.91 Å². The number of nitrogens with one attached hydrogen (secondary N) is 3. The summed E-state index contributed by atoms with van der Waals surface area (Å²) < 4.78 is 5.81. The number of fused-ring (bicyclic) bond motifs is 1. The van der Waals surface area contributed by atoms with Gasteiger partial charge in [-0.05, 0) is 27.7 Å². The van der Waals surface area contributed by atoms with Crippen molar-refractivity contribution in [1.29, 1.82) is 0 Å². The van der Waals surface area contributed by atoms with Crippen LogP contribution >= 0.6 is 0 Å². The second-order valence-corrected chi connectivity index (χ2v) is 7.61. The minimum absolute atomic E-state index is 0.0985. The van der Waals surface area contributed by atoms with Crippen molar-refractivity contribution in [2.24, 2.45) is 0 Å². The standard InChI is InChI=1S/C17H29N5O2/c1-11-8-22(9-12(2)24-11)17(3,4)10-19-16(23)15-13-7-18-6-5-14(13)20-21-15/h11-12,18H,5-10H2,1-4H3,(H,19,23)(H,20,21). The van der Waals surface area contributed by atoms with Crippen molar-refractivity contribution in [3.63, 3.8) is 0 Å². The average molecular weight is 335 g/mol. The van der Waals surface area contributed by atoms with Gasteiger partial charge in [0, 0.05) is 55.9 Å². The lowest BCUT2D eigenvalue weighted by Crippen LogP contribution is -2.58. The van der Waals surface area contributed by atoms with Gasteiger partial charge < -0.3 is 15.4 Å². The minimum atomic E-state index is -0.128. The molecule has 24 heavy (non-hydrogen) atoms. The van der Waals surface area contributed by atoms with E-state index in [1.165, 1.54) is 0 Å². The monoisotopic (exact) mass is 335 g/mol. The maximum absolute atomic E-state index is 12.6. The largest absolute Gasteiger partial charge is 0.373 e. The van der Waals surface area contributed by atoms with Crippen LogP contribution in [0.5, 0.6) is 0 Å². The molecule has 0 aromatic carbocycles. The van der Waals surface area contributed by atoms with E-state index in [1.807, 2.05) is 0 Å². The Labute approximate surface area is 143 Å². The second-order valence-electron chi connectivity index (χ2n) is 7.61. The molecular formula is C17H29N5O2. The van der Waals surface area contributed by atoms with Gasteiger partial charge in [0.05, 0.1) is 12.2 Å². The summed E-state index contributed by atoms with van der Waals surface area (Å²) in [4.78, 5) is 15.0. The lowest BCUT2D eigenvalue weighted by molar-refractivity contribution is -0.0948. The van der Waals surface area contributed by atoms with E-state index in [2.05, 4.69) is 53.4 Å². The van der Waals surface area contributed by atoms with Gasteiger partial charge in [0.1, 0.15) is 0 Å². The highest BCUT2D eigenvalue weighted by Crippen LogP contribution is 2.21. The third-order valence-corrected chi connectivity index (χ3v) is 4.98. The molecule has 1 aromatic rings. The SMILES string of the molecule is CC1CN(C(C)(C)CNC(=O)c2n[nH]c3c2CNCC3)CC(C)O1. The van der Waals surface area contributed by atoms with Crippen LogP contribution in [0.15, 0.2) is 0 Å². The number of ether oxygens (including phenoxy) is 1. The van der Waals surface area contributed by atoms with Gasteiger partial charge in [0.15, 0.2) is 5.69 Å². The first-order valence-electron chi connectivity index (χ1n) is 8.82. The van der Waals surface area contributed by atoms with Crippen LogP contribution in [0.25, 0.3) is 0 Å². The maximum Gasteiger partial charge on any atom is 0.272 e. The minimum Gasteiger partial charge on any atom is -0.373 e. The normalized spacial score (nSPS) is 25.3. The summed E-state index contributed by atoms with van der Waals surface area (Å²) in [5, 5.41) is 13.6. The number of aromatic nitrogens is 2. The molecule has 1 amide bonds. The fraction of sp³-hybridized carbons (Fsp3) is 0.765. The number of amides is 1. The van der Waals surface area contributed by atoms with Crippen LogP contribution in [0.3, 0.4) is 0 Å². The van der Waals surface area contributed by atoms with E-state index < -0.39 is 0 Å². The molecule has 134 valence electrons. The van der Waals surface area contributed by atoms with Gasteiger partial charge in [-0.15, -0.1) is 0 Å². The summed E-state index contributed by atoms with van der Waals surface area (Å²) in [5.41, 5.74) is 2.48. The molecule has 7 heteroatoms. The summed E-state index contributed by atoms with van der Waals surface area (Å²) in [7, 11) is 0. The Morgan fingerprint density at radius 3 is 2.79 bits per heavy atom. The van der Waals surface area contributed by atoms with E-state index in [1.54, 1.807) is 0 Å². The zero-order valence-electron chi connectivity index (χ0n) is 15.1. The fourth-order valence-corrected chi connectivity index (χ4v) is 3.58. The molecule has 1 aromatic heterocycles. The van der Waals surface area contributed by atoms with Gasteiger partial charge in [-0.25, -0.2) is 0 Å². The molecule has 0 saturated carbocycles. The Hall–Kier alpha value is -1.44. The number of morpholine rings is 1. The zero-order valence-corrected chi connectivity index (χ0v) is 15.1. The van der Waals surface area contributed by atoms with Crippen LogP contribution in [0.2, 0.25) is 0 Å². The molecule has 7 nitrogen and oxygen atoms in total. The number of H-pyrrole nitrogens is 1. The second kappa shape index (κ2) is 6.82. The van der Waals surface area contributed by atoms with Gasteiger partial charge in [0.25, 0.3) is 5.91 Å². The Morgan fingerprint density at radius 2 is 2.08 bits per heavy atom. The third-order valence-electron chi connectivity index (χ3n) is 4.98. The fourth-order valence-electron chi connectivity index (χ4n) is 3.58. The van der Waals surface area contributed by atoms with E-state index in [0.29, 0.717) is 18.8 Å². The molecule has 3 heterocycles. The molecular weight excluding hydrogens is 306 g/mol. The number of carbonyl (C=O) groups is 1. The first-order chi connectivity index (χ1) is 11.4. The van der Waals surface area contributed by atoms with Crippen LogP contribution in [-0.4, -0.2) is 64.9 Å². The molecule has 0 aliphatic carbocycles. The van der Waals surface area contributed by atoms with E-state index in [9.17, 15) is 4.79 Å². The Bertz CT molecular complexity index is 588. The van der Waals surface area contributed by atoms with Crippen LogP contribution in [0.1, 0.15) is 49.4 Å². The first kappa shape index (κ1) is 17.4. The molecule has 0 radical (unpaired) electrons. The molecule has 2 aliphatic rings. The zero-order chi connectivity index (χ0) is 17.3. The number of hydrogen-bond donors (Lipinski definition) is 3. The number of carbonyl (C=O) groups excluding carboxylic acids is 1. The van der Waals surface area contributed by atoms with E-state index in [4.69, 9.17) is 4.74 Å². The van der Waals surface area contributed by atoms with E-state index in [0.717, 1.165) is 37.3 Å². The number of rotatable bonds is 4. The molecule has 1 fully saturated rings. The molecule has 0 bridgehead atoms. The molecule has 2 unspecified atom stereocenters. The highest BCUT2D eigenvalue weighted by Gasteiger charge is 2.34. The Kier molecular flexibility index (Phi) is 4.94. The Morgan fingerprint density at radius 1 is 1.38 bits per heavy atom. The molecule has 3 rings (SSSR count).